The number of aromatic nitrogens is 1. The molecule has 0 saturated heterocycles. The Kier molecular flexibility index (Phi) is 8.62. The third kappa shape index (κ3) is 7.65. The van der Waals surface area contributed by atoms with Crippen molar-refractivity contribution in [2.45, 2.75) is 26.7 Å². The number of hydrogen-bond donors (Lipinski definition) is 3. The molecular formula is C19H27N5OS. The summed E-state index contributed by atoms with van der Waals surface area (Å²) < 4.78 is 0. The SMILES string of the molecule is CCNC(=NCC(=O)NCCc1ccccc1)NCCc1csc(C)n1. The van der Waals surface area contributed by atoms with Gasteiger partial charge in [-0.25, -0.2) is 9.98 Å². The molecule has 1 aromatic carbocycles. The van der Waals surface area contributed by atoms with Crippen molar-refractivity contribution in [3.63, 3.8) is 0 Å². The van der Waals surface area contributed by atoms with Crippen LogP contribution < -0.4 is 16.0 Å². The largest absolute Gasteiger partial charge is 0.357 e. The van der Waals surface area contributed by atoms with E-state index in [4.69, 9.17) is 0 Å². The number of benzene rings is 1. The standard InChI is InChI=1S/C19H27N5OS/c1-3-20-19(22-12-10-17-14-26-15(2)24-17)23-13-18(25)21-11-9-16-7-5-4-6-8-16/h4-8,14H,3,9-13H2,1-2H3,(H,21,25)(H2,20,22,23). The summed E-state index contributed by atoms with van der Waals surface area (Å²) in [5.74, 6) is 0.575. The Bertz CT molecular complexity index is 699. The Morgan fingerprint density at radius 1 is 1.12 bits per heavy atom. The number of carbonyl (C=O) groups excluding carboxylic acids is 1. The average Bonchev–Trinajstić information content (AvgIpc) is 3.06. The average molecular weight is 374 g/mol. The first-order valence-electron chi connectivity index (χ1n) is 8.91. The lowest BCUT2D eigenvalue weighted by atomic mass is 10.1. The summed E-state index contributed by atoms with van der Waals surface area (Å²) in [6, 6.07) is 10.1. The number of aliphatic imine (C=N–C) groups is 1. The third-order valence-electron chi connectivity index (χ3n) is 3.64. The maximum absolute atomic E-state index is 12.0. The second-order valence-electron chi connectivity index (χ2n) is 5.82. The van der Waals surface area contributed by atoms with Gasteiger partial charge in [0.15, 0.2) is 5.96 Å². The van der Waals surface area contributed by atoms with Gasteiger partial charge in [-0.05, 0) is 25.8 Å². The van der Waals surface area contributed by atoms with Crippen molar-refractivity contribution in [1.29, 1.82) is 0 Å². The zero-order chi connectivity index (χ0) is 18.6. The van der Waals surface area contributed by atoms with Crippen LogP contribution in [0.4, 0.5) is 0 Å². The number of carbonyl (C=O) groups is 1. The minimum absolute atomic E-state index is 0.0757. The van der Waals surface area contributed by atoms with Crippen LogP contribution in [0.5, 0.6) is 0 Å². The second-order valence-corrected chi connectivity index (χ2v) is 6.88. The molecule has 1 heterocycles. The molecule has 0 radical (unpaired) electrons. The van der Waals surface area contributed by atoms with Crippen LogP contribution in [0.2, 0.25) is 0 Å². The molecule has 1 aromatic heterocycles. The van der Waals surface area contributed by atoms with E-state index in [9.17, 15) is 4.79 Å². The quantitative estimate of drug-likeness (QED) is 0.463. The topological polar surface area (TPSA) is 78.4 Å². The van der Waals surface area contributed by atoms with Crippen LogP contribution in [0.3, 0.4) is 0 Å². The number of guanidine groups is 1. The van der Waals surface area contributed by atoms with Gasteiger partial charge in [0.05, 0.1) is 10.7 Å². The first kappa shape index (κ1) is 19.9. The maximum atomic E-state index is 12.0. The molecular weight excluding hydrogens is 346 g/mol. The Balaban J connectivity index is 1.69. The molecule has 26 heavy (non-hydrogen) atoms. The predicted molar refractivity (Wildman–Crippen MR) is 108 cm³/mol. The van der Waals surface area contributed by atoms with Crippen LogP contribution in [0.15, 0.2) is 40.7 Å². The number of thiazole rings is 1. The first-order valence-corrected chi connectivity index (χ1v) is 9.79. The minimum Gasteiger partial charge on any atom is -0.357 e. The lowest BCUT2D eigenvalue weighted by molar-refractivity contribution is -0.119. The number of rotatable bonds is 9. The van der Waals surface area contributed by atoms with Crippen LogP contribution in [0.1, 0.15) is 23.2 Å². The van der Waals surface area contributed by atoms with E-state index >= 15 is 0 Å². The molecule has 1 amide bonds. The van der Waals surface area contributed by atoms with Crippen molar-refractivity contribution in [1.82, 2.24) is 20.9 Å². The zero-order valence-electron chi connectivity index (χ0n) is 15.4. The molecule has 0 unspecified atom stereocenters. The fraction of sp³-hybridized carbons (Fsp3) is 0.421. The summed E-state index contributed by atoms with van der Waals surface area (Å²) in [4.78, 5) is 20.7. The molecule has 0 aliphatic carbocycles. The molecule has 140 valence electrons. The van der Waals surface area contributed by atoms with E-state index in [-0.39, 0.29) is 12.5 Å². The van der Waals surface area contributed by atoms with Gasteiger partial charge in [0.1, 0.15) is 6.54 Å². The van der Waals surface area contributed by atoms with E-state index in [0.717, 1.165) is 36.6 Å². The van der Waals surface area contributed by atoms with Gasteiger partial charge in [-0.3, -0.25) is 4.79 Å². The lowest BCUT2D eigenvalue weighted by Crippen LogP contribution is -2.39. The molecule has 0 atom stereocenters. The van der Waals surface area contributed by atoms with E-state index in [1.54, 1.807) is 11.3 Å². The highest BCUT2D eigenvalue weighted by atomic mass is 32.1. The normalized spacial score (nSPS) is 11.2. The summed E-state index contributed by atoms with van der Waals surface area (Å²) >= 11 is 1.66. The molecule has 0 aliphatic rings. The molecule has 0 aliphatic heterocycles. The molecule has 0 saturated carbocycles. The van der Waals surface area contributed by atoms with Gasteiger partial charge < -0.3 is 16.0 Å². The van der Waals surface area contributed by atoms with Gasteiger partial charge in [-0.15, -0.1) is 11.3 Å². The smallest absolute Gasteiger partial charge is 0.241 e. The Hall–Kier alpha value is -2.41. The van der Waals surface area contributed by atoms with E-state index in [1.165, 1.54) is 5.56 Å². The van der Waals surface area contributed by atoms with E-state index < -0.39 is 0 Å². The zero-order valence-corrected chi connectivity index (χ0v) is 16.2. The number of hydrogen-bond acceptors (Lipinski definition) is 4. The first-order chi connectivity index (χ1) is 12.7. The predicted octanol–water partition coefficient (Wildman–Crippen LogP) is 1.91. The monoisotopic (exact) mass is 373 g/mol. The summed E-state index contributed by atoms with van der Waals surface area (Å²) in [5, 5.41) is 12.4. The van der Waals surface area contributed by atoms with Crippen LogP contribution in [-0.2, 0) is 17.6 Å². The van der Waals surface area contributed by atoms with Gasteiger partial charge in [0.2, 0.25) is 5.91 Å². The van der Waals surface area contributed by atoms with E-state index in [0.29, 0.717) is 12.5 Å². The molecule has 6 nitrogen and oxygen atoms in total. The van der Waals surface area contributed by atoms with Gasteiger partial charge in [0, 0.05) is 31.4 Å². The van der Waals surface area contributed by atoms with Crippen molar-refractivity contribution in [3.05, 3.63) is 52.0 Å². The van der Waals surface area contributed by atoms with Gasteiger partial charge in [0.25, 0.3) is 0 Å². The van der Waals surface area contributed by atoms with Crippen molar-refractivity contribution in [3.8, 4) is 0 Å². The summed E-state index contributed by atoms with van der Waals surface area (Å²) in [6.45, 7) is 6.21. The van der Waals surface area contributed by atoms with E-state index in [1.807, 2.05) is 32.0 Å². The third-order valence-corrected chi connectivity index (χ3v) is 4.47. The van der Waals surface area contributed by atoms with Gasteiger partial charge >= 0.3 is 0 Å². The summed E-state index contributed by atoms with van der Waals surface area (Å²) in [7, 11) is 0. The Morgan fingerprint density at radius 2 is 1.88 bits per heavy atom. The number of nitrogens with zero attached hydrogens (tertiary/aromatic N) is 2. The van der Waals surface area contributed by atoms with Gasteiger partial charge in [-0.2, -0.15) is 0 Å². The van der Waals surface area contributed by atoms with Crippen molar-refractivity contribution in [2.24, 2.45) is 4.99 Å². The highest BCUT2D eigenvalue weighted by Crippen LogP contribution is 2.07. The van der Waals surface area contributed by atoms with Gasteiger partial charge in [-0.1, -0.05) is 30.3 Å². The van der Waals surface area contributed by atoms with Crippen molar-refractivity contribution in [2.75, 3.05) is 26.2 Å². The molecule has 3 N–H and O–H groups in total. The fourth-order valence-corrected chi connectivity index (χ4v) is 3.02. The van der Waals surface area contributed by atoms with Crippen LogP contribution in [0.25, 0.3) is 0 Å². The number of aryl methyl sites for hydroxylation is 1. The Morgan fingerprint density at radius 3 is 2.58 bits per heavy atom. The molecule has 2 rings (SSSR count). The van der Waals surface area contributed by atoms with Crippen molar-refractivity contribution >= 4 is 23.2 Å². The van der Waals surface area contributed by atoms with Crippen LogP contribution >= 0.6 is 11.3 Å². The lowest BCUT2D eigenvalue weighted by Gasteiger charge is -2.10. The molecule has 7 heteroatoms. The highest BCUT2D eigenvalue weighted by molar-refractivity contribution is 7.09. The molecule has 0 bridgehead atoms. The highest BCUT2D eigenvalue weighted by Gasteiger charge is 2.03. The maximum Gasteiger partial charge on any atom is 0.241 e. The van der Waals surface area contributed by atoms with E-state index in [2.05, 4.69) is 43.4 Å². The molecule has 2 aromatic rings. The number of amides is 1. The van der Waals surface area contributed by atoms with Crippen LogP contribution in [0, 0.1) is 6.92 Å². The van der Waals surface area contributed by atoms with Crippen molar-refractivity contribution < 1.29 is 4.79 Å². The number of nitrogens with one attached hydrogen (secondary N) is 3. The molecule has 0 spiro atoms. The second kappa shape index (κ2) is 11.3. The Labute approximate surface area is 159 Å². The molecule has 0 fully saturated rings. The minimum atomic E-state index is -0.0757. The summed E-state index contributed by atoms with van der Waals surface area (Å²) in [6.07, 6.45) is 1.65. The van der Waals surface area contributed by atoms with Crippen LogP contribution in [-0.4, -0.2) is 43.0 Å². The summed E-state index contributed by atoms with van der Waals surface area (Å²) in [5.41, 5.74) is 2.29. The fourth-order valence-electron chi connectivity index (χ4n) is 2.37.